The van der Waals surface area contributed by atoms with Crippen molar-refractivity contribution in [3.63, 3.8) is 0 Å². The highest BCUT2D eigenvalue weighted by molar-refractivity contribution is 6.32. The Kier molecular flexibility index (Phi) is 6.04. The summed E-state index contributed by atoms with van der Waals surface area (Å²) in [6, 6.07) is 1.12. The minimum Gasteiger partial charge on any atom is -0.385 e. The molecule has 8 heteroatoms. The maximum absolute atomic E-state index is 12.1. The fourth-order valence-corrected chi connectivity index (χ4v) is 1.77. The van der Waals surface area contributed by atoms with Crippen LogP contribution in [-0.2, 0) is 4.74 Å². The summed E-state index contributed by atoms with van der Waals surface area (Å²) in [5.74, 6) is -0.485. The molecule has 0 aliphatic heterocycles. The molecule has 1 rings (SSSR count). The number of nitrogens with zero attached hydrogens (tertiary/aromatic N) is 2. The summed E-state index contributed by atoms with van der Waals surface area (Å²) in [5, 5.41) is 13.4. The van der Waals surface area contributed by atoms with Crippen LogP contribution in [0.15, 0.2) is 12.3 Å². The molecule has 0 atom stereocenters. The predicted molar refractivity (Wildman–Crippen MR) is 78.5 cm³/mol. The number of halogens is 1. The number of rotatable bonds is 7. The molecule has 0 aliphatic carbocycles. The first-order valence-electron chi connectivity index (χ1n) is 6.34. The van der Waals surface area contributed by atoms with Crippen molar-refractivity contribution in [2.75, 3.05) is 20.3 Å². The third-order valence-electron chi connectivity index (χ3n) is 2.99. The number of methoxy groups -OCH3 is 1. The molecule has 0 saturated heterocycles. The van der Waals surface area contributed by atoms with Gasteiger partial charge in [-0.15, -0.1) is 0 Å². The Balaban J connectivity index is 2.76. The third kappa shape index (κ3) is 5.28. The van der Waals surface area contributed by atoms with E-state index in [4.69, 9.17) is 16.3 Å². The molecular formula is C13H18ClN3O4. The average molecular weight is 316 g/mol. The molecule has 116 valence electrons. The topological polar surface area (TPSA) is 94.4 Å². The monoisotopic (exact) mass is 315 g/mol. The second-order valence-corrected chi connectivity index (χ2v) is 5.74. The summed E-state index contributed by atoms with van der Waals surface area (Å²) in [6.45, 7) is 4.95. The number of hydrogen-bond donors (Lipinski definition) is 1. The van der Waals surface area contributed by atoms with E-state index in [9.17, 15) is 14.9 Å². The second kappa shape index (κ2) is 7.33. The number of nitro groups is 1. The quantitative estimate of drug-likeness (QED) is 0.474. The van der Waals surface area contributed by atoms with Crippen LogP contribution in [0, 0.1) is 15.5 Å². The molecule has 7 nitrogen and oxygen atoms in total. The molecule has 1 amide bonds. The van der Waals surface area contributed by atoms with Crippen molar-refractivity contribution < 1.29 is 14.5 Å². The van der Waals surface area contributed by atoms with Crippen LogP contribution in [0.3, 0.4) is 0 Å². The lowest BCUT2D eigenvalue weighted by Gasteiger charge is -2.24. The number of nitrogens with one attached hydrogen (secondary N) is 1. The van der Waals surface area contributed by atoms with Crippen molar-refractivity contribution in [3.05, 3.63) is 33.1 Å². The lowest BCUT2D eigenvalue weighted by Crippen LogP contribution is -2.34. The Morgan fingerprint density at radius 1 is 1.57 bits per heavy atom. The largest absolute Gasteiger partial charge is 0.385 e. The SMILES string of the molecule is COCCC(C)(C)CNC(=O)c1cc([N+](=O)[O-])cnc1Cl. The van der Waals surface area contributed by atoms with Gasteiger partial charge in [-0.3, -0.25) is 14.9 Å². The molecule has 1 aromatic heterocycles. The smallest absolute Gasteiger partial charge is 0.288 e. The zero-order valence-corrected chi connectivity index (χ0v) is 12.9. The molecular weight excluding hydrogens is 298 g/mol. The van der Waals surface area contributed by atoms with Gasteiger partial charge in [0.2, 0.25) is 0 Å². The van der Waals surface area contributed by atoms with E-state index >= 15 is 0 Å². The summed E-state index contributed by atoms with van der Waals surface area (Å²) in [4.78, 5) is 25.8. The first-order chi connectivity index (χ1) is 9.76. The molecule has 0 bridgehead atoms. The second-order valence-electron chi connectivity index (χ2n) is 5.38. The zero-order chi connectivity index (χ0) is 16.0. The molecule has 21 heavy (non-hydrogen) atoms. The highest BCUT2D eigenvalue weighted by Crippen LogP contribution is 2.21. The number of carbonyl (C=O) groups excluding carboxylic acids is 1. The van der Waals surface area contributed by atoms with Crippen molar-refractivity contribution in [1.82, 2.24) is 10.3 Å². The van der Waals surface area contributed by atoms with Gasteiger partial charge >= 0.3 is 0 Å². The van der Waals surface area contributed by atoms with E-state index in [0.717, 1.165) is 18.7 Å². The van der Waals surface area contributed by atoms with E-state index in [1.54, 1.807) is 7.11 Å². The first kappa shape index (κ1) is 17.3. The minimum atomic E-state index is -0.622. The average Bonchev–Trinajstić information content (AvgIpc) is 2.43. The fraction of sp³-hybridized carbons (Fsp3) is 0.538. The predicted octanol–water partition coefficient (Wildman–Crippen LogP) is 2.44. The Bertz CT molecular complexity index is 534. The van der Waals surface area contributed by atoms with Gasteiger partial charge in [-0.2, -0.15) is 0 Å². The number of hydrogen-bond acceptors (Lipinski definition) is 5. The van der Waals surface area contributed by atoms with Gasteiger partial charge in [-0.05, 0) is 11.8 Å². The van der Waals surface area contributed by atoms with E-state index in [0.29, 0.717) is 13.2 Å². The standard InChI is InChI=1S/C13H18ClN3O4/c1-13(2,4-5-21-3)8-16-12(18)10-6-9(17(19)20)7-15-11(10)14/h6-7H,4-5,8H2,1-3H3,(H,16,18). The summed E-state index contributed by atoms with van der Waals surface area (Å²) < 4.78 is 5.01. The maximum Gasteiger partial charge on any atom is 0.288 e. The van der Waals surface area contributed by atoms with E-state index in [1.165, 1.54) is 0 Å². The van der Waals surface area contributed by atoms with Gasteiger partial charge in [0.1, 0.15) is 11.3 Å². The highest BCUT2D eigenvalue weighted by Gasteiger charge is 2.21. The van der Waals surface area contributed by atoms with Crippen LogP contribution in [0.5, 0.6) is 0 Å². The van der Waals surface area contributed by atoms with Gasteiger partial charge < -0.3 is 10.1 Å². The number of amides is 1. The summed E-state index contributed by atoms with van der Waals surface area (Å²) >= 11 is 5.81. The third-order valence-corrected chi connectivity index (χ3v) is 3.29. The molecule has 0 saturated carbocycles. The summed E-state index contributed by atoms with van der Waals surface area (Å²) in [6.07, 6.45) is 1.78. The van der Waals surface area contributed by atoms with Crippen LogP contribution < -0.4 is 5.32 Å². The maximum atomic E-state index is 12.1. The normalized spacial score (nSPS) is 11.2. The summed E-state index contributed by atoms with van der Waals surface area (Å²) in [7, 11) is 1.61. The molecule has 0 aliphatic rings. The molecule has 1 aromatic rings. The number of pyridine rings is 1. The lowest BCUT2D eigenvalue weighted by atomic mass is 9.89. The Hall–Kier alpha value is -1.73. The Morgan fingerprint density at radius 2 is 2.24 bits per heavy atom. The van der Waals surface area contributed by atoms with Gasteiger partial charge in [0, 0.05) is 26.3 Å². The van der Waals surface area contributed by atoms with Crippen LogP contribution in [0.1, 0.15) is 30.6 Å². The highest BCUT2D eigenvalue weighted by atomic mass is 35.5. The molecule has 0 aromatic carbocycles. The van der Waals surface area contributed by atoms with Crippen molar-refractivity contribution in [1.29, 1.82) is 0 Å². The van der Waals surface area contributed by atoms with Gasteiger partial charge in [0.15, 0.2) is 0 Å². The van der Waals surface area contributed by atoms with E-state index in [1.807, 2.05) is 13.8 Å². The van der Waals surface area contributed by atoms with Crippen molar-refractivity contribution in [3.8, 4) is 0 Å². The van der Waals surface area contributed by atoms with E-state index in [-0.39, 0.29) is 21.8 Å². The van der Waals surface area contributed by atoms with Crippen molar-refractivity contribution in [2.45, 2.75) is 20.3 Å². The van der Waals surface area contributed by atoms with Gasteiger partial charge in [0.05, 0.1) is 10.5 Å². The Morgan fingerprint density at radius 3 is 2.81 bits per heavy atom. The van der Waals surface area contributed by atoms with Gasteiger partial charge in [-0.1, -0.05) is 25.4 Å². The van der Waals surface area contributed by atoms with Crippen molar-refractivity contribution >= 4 is 23.2 Å². The van der Waals surface area contributed by atoms with Gasteiger partial charge in [0.25, 0.3) is 11.6 Å². The van der Waals surface area contributed by atoms with Crippen LogP contribution >= 0.6 is 11.6 Å². The molecule has 0 spiro atoms. The molecule has 0 unspecified atom stereocenters. The van der Waals surface area contributed by atoms with Gasteiger partial charge in [-0.25, -0.2) is 4.98 Å². The van der Waals surface area contributed by atoms with Crippen LogP contribution in [0.2, 0.25) is 5.15 Å². The van der Waals surface area contributed by atoms with E-state index < -0.39 is 10.8 Å². The minimum absolute atomic E-state index is 0.00610. The van der Waals surface area contributed by atoms with Crippen molar-refractivity contribution in [2.24, 2.45) is 5.41 Å². The zero-order valence-electron chi connectivity index (χ0n) is 12.2. The molecule has 1 heterocycles. The molecule has 0 radical (unpaired) electrons. The molecule has 1 N–H and O–H groups in total. The number of ether oxygens (including phenoxy) is 1. The van der Waals surface area contributed by atoms with E-state index in [2.05, 4.69) is 10.3 Å². The fourth-order valence-electron chi connectivity index (χ4n) is 1.58. The number of aromatic nitrogens is 1. The number of carbonyl (C=O) groups is 1. The van der Waals surface area contributed by atoms with Crippen LogP contribution in [0.25, 0.3) is 0 Å². The first-order valence-corrected chi connectivity index (χ1v) is 6.72. The van der Waals surface area contributed by atoms with Crippen LogP contribution in [-0.4, -0.2) is 36.1 Å². The summed E-state index contributed by atoms with van der Waals surface area (Å²) in [5.41, 5.74) is -0.441. The van der Waals surface area contributed by atoms with Crippen LogP contribution in [0.4, 0.5) is 5.69 Å². The Labute approximate surface area is 127 Å². The lowest BCUT2D eigenvalue weighted by molar-refractivity contribution is -0.385. The molecule has 0 fully saturated rings.